The van der Waals surface area contributed by atoms with Crippen LogP contribution in [0.15, 0.2) is 36.5 Å². The van der Waals surface area contributed by atoms with E-state index < -0.39 is 35.2 Å². The lowest BCUT2D eigenvalue weighted by atomic mass is 10.1. The molecule has 4 rings (SSSR count). The third kappa shape index (κ3) is 8.29. The third-order valence-electron chi connectivity index (χ3n) is 7.37. The molecule has 1 aliphatic rings. The summed E-state index contributed by atoms with van der Waals surface area (Å²) >= 11 is 12.5. The summed E-state index contributed by atoms with van der Waals surface area (Å²) in [6.45, 7) is -1.41. The van der Waals surface area contributed by atoms with E-state index in [0.717, 1.165) is 6.07 Å². The summed E-state index contributed by atoms with van der Waals surface area (Å²) in [6.07, 6.45) is 1.27. The molecule has 1 fully saturated rings. The molecular formula is C30H33Cl2F3N6O5. The van der Waals surface area contributed by atoms with Crippen LogP contribution in [0.1, 0.15) is 33.8 Å². The maximum atomic E-state index is 14.5. The molecule has 46 heavy (non-hydrogen) atoms. The smallest absolute Gasteiger partial charge is 0.387 e. The molecule has 0 spiro atoms. The first kappa shape index (κ1) is 35.0. The molecule has 1 atom stereocenters. The Kier molecular flexibility index (Phi) is 11.5. The number of hydrogen-bond donors (Lipinski definition) is 2. The SMILES string of the molecule is CN(C)C[C@H](O)CCC(=O)N1CCN(C(=O)c2ccc(NC(=O)c3ncc(-c4ccc(OC(F)F)c(F)c4Cl)n3C)cc2Cl)CC1. The molecule has 1 aromatic heterocycles. The van der Waals surface area contributed by atoms with Crippen LogP contribution in [0, 0.1) is 5.82 Å². The highest BCUT2D eigenvalue weighted by Gasteiger charge is 2.27. The molecule has 0 saturated carbocycles. The Hall–Kier alpha value is -3.85. The molecule has 3 amide bonds. The van der Waals surface area contributed by atoms with Crippen molar-refractivity contribution in [2.45, 2.75) is 25.6 Å². The number of nitrogens with zero attached hydrogens (tertiary/aromatic N) is 5. The predicted molar refractivity (Wildman–Crippen MR) is 166 cm³/mol. The highest BCUT2D eigenvalue weighted by molar-refractivity contribution is 6.34. The van der Waals surface area contributed by atoms with E-state index in [2.05, 4.69) is 15.0 Å². The Morgan fingerprint density at radius 3 is 2.39 bits per heavy atom. The number of aliphatic hydroxyl groups is 1. The minimum absolute atomic E-state index is 0.0736. The standard InChI is InChI=1S/C30H33Cl2F3N6O5/c1-38(2)16-18(42)5-9-24(43)40-10-12-41(13-11-40)29(45)19-6-4-17(14-21(19)31)37-28(44)27-36-15-22(39(27)3)20-7-8-23(46-30(34)35)26(33)25(20)32/h4,6-8,14-15,18,30,42H,5,9-13,16H2,1-3H3,(H,37,44)/t18-/m1/s1. The maximum Gasteiger partial charge on any atom is 0.387 e. The van der Waals surface area contributed by atoms with Crippen LogP contribution in [0.2, 0.25) is 10.0 Å². The van der Waals surface area contributed by atoms with Crippen LogP contribution < -0.4 is 10.1 Å². The quantitative estimate of drug-likeness (QED) is 0.308. The van der Waals surface area contributed by atoms with Gasteiger partial charge in [0.2, 0.25) is 5.91 Å². The first-order valence-corrected chi connectivity index (χ1v) is 15.0. The number of hydrogen-bond acceptors (Lipinski definition) is 7. The Labute approximate surface area is 273 Å². The second-order valence-electron chi connectivity index (χ2n) is 10.9. The van der Waals surface area contributed by atoms with E-state index in [4.69, 9.17) is 23.2 Å². The summed E-state index contributed by atoms with van der Waals surface area (Å²) in [7, 11) is 5.19. The fourth-order valence-corrected chi connectivity index (χ4v) is 5.55. The van der Waals surface area contributed by atoms with Crippen molar-refractivity contribution in [2.24, 2.45) is 7.05 Å². The summed E-state index contributed by atoms with van der Waals surface area (Å²) in [4.78, 5) is 48.0. The van der Waals surface area contributed by atoms with Gasteiger partial charge in [-0.05, 0) is 50.8 Å². The molecule has 1 saturated heterocycles. The lowest BCUT2D eigenvalue weighted by Gasteiger charge is -2.35. The number of benzene rings is 2. The fraction of sp³-hybridized carbons (Fsp3) is 0.400. The third-order valence-corrected chi connectivity index (χ3v) is 8.06. The normalized spacial score (nSPS) is 14.2. The number of amides is 3. The van der Waals surface area contributed by atoms with Crippen LogP contribution in [0.3, 0.4) is 0 Å². The van der Waals surface area contributed by atoms with Gasteiger partial charge in [0.25, 0.3) is 11.8 Å². The Bertz CT molecular complexity index is 1600. The number of aromatic nitrogens is 2. The van der Waals surface area contributed by atoms with Gasteiger partial charge in [-0.2, -0.15) is 8.78 Å². The van der Waals surface area contributed by atoms with E-state index in [1.807, 2.05) is 19.0 Å². The molecule has 2 heterocycles. The maximum absolute atomic E-state index is 14.5. The van der Waals surface area contributed by atoms with E-state index in [0.29, 0.717) is 39.1 Å². The van der Waals surface area contributed by atoms with Crippen LogP contribution in [0.25, 0.3) is 11.3 Å². The number of halogens is 5. The van der Waals surface area contributed by atoms with E-state index >= 15 is 0 Å². The van der Waals surface area contributed by atoms with Crippen molar-refractivity contribution < 1.29 is 37.4 Å². The number of carbonyl (C=O) groups excluding carboxylic acids is 3. The molecule has 2 N–H and O–H groups in total. The summed E-state index contributed by atoms with van der Waals surface area (Å²) in [5.41, 5.74) is 0.840. The number of likely N-dealkylation sites (N-methyl/N-ethyl adjacent to an activating group) is 1. The Morgan fingerprint density at radius 2 is 1.76 bits per heavy atom. The van der Waals surface area contributed by atoms with Crippen molar-refractivity contribution in [3.8, 4) is 17.0 Å². The van der Waals surface area contributed by atoms with Crippen molar-refractivity contribution >= 4 is 46.6 Å². The average molecular weight is 686 g/mol. The molecule has 1 aliphatic heterocycles. The number of aliphatic hydroxyl groups excluding tert-OH is 1. The summed E-state index contributed by atoms with van der Waals surface area (Å²) < 4.78 is 45.0. The molecular weight excluding hydrogens is 652 g/mol. The molecule has 2 aromatic carbocycles. The number of nitrogens with one attached hydrogen (secondary N) is 1. The number of rotatable bonds is 11. The van der Waals surface area contributed by atoms with Crippen LogP contribution in [0.5, 0.6) is 5.75 Å². The van der Waals surface area contributed by atoms with Gasteiger partial charge in [0, 0.05) is 57.4 Å². The number of piperazine rings is 1. The Balaban J connectivity index is 1.36. The molecule has 0 aliphatic carbocycles. The second-order valence-corrected chi connectivity index (χ2v) is 11.7. The van der Waals surface area contributed by atoms with Gasteiger partial charge in [0.15, 0.2) is 17.4 Å². The van der Waals surface area contributed by atoms with Crippen LogP contribution in [0.4, 0.5) is 18.9 Å². The van der Waals surface area contributed by atoms with Gasteiger partial charge < -0.3 is 34.4 Å². The minimum atomic E-state index is -3.23. The van der Waals surface area contributed by atoms with Gasteiger partial charge in [-0.1, -0.05) is 23.2 Å². The van der Waals surface area contributed by atoms with Gasteiger partial charge in [-0.3, -0.25) is 14.4 Å². The second kappa shape index (κ2) is 15.2. The molecule has 11 nitrogen and oxygen atoms in total. The van der Waals surface area contributed by atoms with E-state index in [-0.39, 0.29) is 51.6 Å². The number of anilines is 1. The van der Waals surface area contributed by atoms with Crippen molar-refractivity contribution in [2.75, 3.05) is 52.1 Å². The summed E-state index contributed by atoms with van der Waals surface area (Å²) in [6, 6.07) is 6.69. The lowest BCUT2D eigenvalue weighted by Crippen LogP contribution is -2.50. The van der Waals surface area contributed by atoms with Crippen molar-refractivity contribution in [3.63, 3.8) is 0 Å². The van der Waals surface area contributed by atoms with Gasteiger partial charge in [-0.15, -0.1) is 0 Å². The van der Waals surface area contributed by atoms with Crippen LogP contribution in [-0.4, -0.2) is 107 Å². The summed E-state index contributed by atoms with van der Waals surface area (Å²) in [5, 5.41) is 12.3. The summed E-state index contributed by atoms with van der Waals surface area (Å²) in [5.74, 6) is -3.01. The van der Waals surface area contributed by atoms with Gasteiger partial charge in [0.05, 0.1) is 33.6 Å². The lowest BCUT2D eigenvalue weighted by molar-refractivity contribution is -0.133. The first-order valence-electron chi connectivity index (χ1n) is 14.2. The average Bonchev–Trinajstić information content (AvgIpc) is 3.38. The molecule has 0 radical (unpaired) electrons. The number of carbonyl (C=O) groups is 3. The van der Waals surface area contributed by atoms with E-state index in [1.165, 1.54) is 42.1 Å². The van der Waals surface area contributed by atoms with Crippen LogP contribution in [-0.2, 0) is 11.8 Å². The Morgan fingerprint density at radius 1 is 1.09 bits per heavy atom. The number of ether oxygens (including phenoxy) is 1. The zero-order valence-electron chi connectivity index (χ0n) is 25.3. The molecule has 16 heteroatoms. The molecule has 0 unspecified atom stereocenters. The monoisotopic (exact) mass is 684 g/mol. The van der Waals surface area contributed by atoms with Gasteiger partial charge in [-0.25, -0.2) is 9.37 Å². The van der Waals surface area contributed by atoms with E-state index in [1.54, 1.807) is 9.80 Å². The zero-order valence-corrected chi connectivity index (χ0v) is 26.8. The fourth-order valence-electron chi connectivity index (χ4n) is 5.03. The highest BCUT2D eigenvalue weighted by atomic mass is 35.5. The molecule has 3 aromatic rings. The number of imidazole rings is 1. The van der Waals surface area contributed by atoms with Crippen LogP contribution >= 0.6 is 23.2 Å². The van der Waals surface area contributed by atoms with Crippen molar-refractivity contribution in [3.05, 3.63) is 63.8 Å². The largest absolute Gasteiger partial charge is 0.432 e. The van der Waals surface area contributed by atoms with Gasteiger partial charge >= 0.3 is 6.61 Å². The number of alkyl halides is 2. The van der Waals surface area contributed by atoms with Crippen molar-refractivity contribution in [1.29, 1.82) is 0 Å². The predicted octanol–water partition coefficient (Wildman–Crippen LogP) is 4.37. The minimum Gasteiger partial charge on any atom is -0.432 e. The zero-order chi connectivity index (χ0) is 33.7. The van der Waals surface area contributed by atoms with Crippen molar-refractivity contribution in [1.82, 2.24) is 24.3 Å². The first-order chi connectivity index (χ1) is 21.8. The van der Waals surface area contributed by atoms with E-state index in [9.17, 15) is 32.7 Å². The topological polar surface area (TPSA) is 120 Å². The highest BCUT2D eigenvalue weighted by Crippen LogP contribution is 2.35. The van der Waals surface area contributed by atoms with Gasteiger partial charge in [0.1, 0.15) is 0 Å². The molecule has 0 bridgehead atoms. The molecule has 248 valence electrons.